The summed E-state index contributed by atoms with van der Waals surface area (Å²) in [6.45, 7) is 7.99. The van der Waals surface area contributed by atoms with Crippen LogP contribution in [0.2, 0.25) is 6.04 Å². The third-order valence-corrected chi connectivity index (χ3v) is 4.10. The first kappa shape index (κ1) is 13.4. The van der Waals surface area contributed by atoms with Gasteiger partial charge in [0.15, 0.2) is 0 Å². The van der Waals surface area contributed by atoms with Crippen molar-refractivity contribution >= 4 is 8.80 Å². The van der Waals surface area contributed by atoms with E-state index in [1.54, 1.807) is 21.3 Å². The van der Waals surface area contributed by atoms with E-state index < -0.39 is 8.80 Å². The van der Waals surface area contributed by atoms with Crippen molar-refractivity contribution in [1.82, 2.24) is 0 Å². The highest BCUT2D eigenvalue weighted by Crippen LogP contribution is 2.10. The molecule has 0 rings (SSSR count). The lowest BCUT2D eigenvalue weighted by molar-refractivity contribution is 0.125. The Labute approximate surface area is 70.3 Å². The Morgan fingerprint density at radius 1 is 1.00 bits per heavy atom. The number of rotatable bonds is 4. The van der Waals surface area contributed by atoms with E-state index >= 15 is 0 Å². The van der Waals surface area contributed by atoms with E-state index in [1.807, 2.05) is 6.92 Å². The van der Waals surface area contributed by atoms with Gasteiger partial charge in [-0.05, 0) is 0 Å². The number of hydrogen-bond donors (Lipinski definition) is 0. The van der Waals surface area contributed by atoms with Crippen LogP contribution in [0.3, 0.4) is 0 Å². The van der Waals surface area contributed by atoms with Crippen molar-refractivity contribution in [3.05, 3.63) is 13.2 Å². The standard InChI is InChI=1S/C5H14O3Si.C2H4/c1-5-9(6-2,7-3)8-4;1-2/h5H2,1-4H3;1-2H2. The summed E-state index contributed by atoms with van der Waals surface area (Å²) in [5, 5.41) is 0. The van der Waals surface area contributed by atoms with Gasteiger partial charge in [-0.3, -0.25) is 0 Å². The number of hydrogen-bond acceptors (Lipinski definition) is 3. The van der Waals surface area contributed by atoms with Crippen LogP contribution < -0.4 is 0 Å². The second-order valence-corrected chi connectivity index (χ2v) is 4.95. The lowest BCUT2D eigenvalue weighted by Crippen LogP contribution is -2.41. The molecule has 4 heteroatoms. The molecule has 0 aromatic carbocycles. The fraction of sp³-hybridized carbons (Fsp3) is 0.714. The van der Waals surface area contributed by atoms with Crippen molar-refractivity contribution < 1.29 is 13.3 Å². The van der Waals surface area contributed by atoms with Crippen LogP contribution in [0.1, 0.15) is 6.92 Å². The van der Waals surface area contributed by atoms with E-state index in [1.165, 1.54) is 0 Å². The summed E-state index contributed by atoms with van der Waals surface area (Å²) in [6.07, 6.45) is 0. The molecular weight excluding hydrogens is 160 g/mol. The Morgan fingerprint density at radius 3 is 1.27 bits per heavy atom. The van der Waals surface area contributed by atoms with E-state index in [9.17, 15) is 0 Å². The second kappa shape index (κ2) is 7.94. The van der Waals surface area contributed by atoms with Gasteiger partial charge in [0.1, 0.15) is 0 Å². The van der Waals surface area contributed by atoms with E-state index in [0.717, 1.165) is 6.04 Å². The summed E-state index contributed by atoms with van der Waals surface area (Å²) in [5.74, 6) is 0. The van der Waals surface area contributed by atoms with Gasteiger partial charge in [-0.25, -0.2) is 0 Å². The first-order valence-electron chi connectivity index (χ1n) is 3.40. The van der Waals surface area contributed by atoms with E-state index in [4.69, 9.17) is 13.3 Å². The van der Waals surface area contributed by atoms with Crippen LogP contribution in [0.25, 0.3) is 0 Å². The summed E-state index contributed by atoms with van der Waals surface area (Å²) >= 11 is 0. The molecule has 0 N–H and O–H groups in total. The topological polar surface area (TPSA) is 27.7 Å². The fourth-order valence-electron chi connectivity index (χ4n) is 0.683. The Bertz CT molecular complexity index is 66.2. The molecular formula is C7H18O3Si. The van der Waals surface area contributed by atoms with Crippen LogP contribution in [0.15, 0.2) is 13.2 Å². The Morgan fingerprint density at radius 2 is 1.27 bits per heavy atom. The summed E-state index contributed by atoms with van der Waals surface area (Å²) < 4.78 is 15.2. The van der Waals surface area contributed by atoms with Crippen LogP contribution in [-0.2, 0) is 13.3 Å². The third kappa shape index (κ3) is 4.31. The van der Waals surface area contributed by atoms with Gasteiger partial charge in [-0.15, -0.1) is 13.2 Å². The lowest BCUT2D eigenvalue weighted by atomic mass is 11.0. The maximum absolute atomic E-state index is 5.08. The van der Waals surface area contributed by atoms with Crippen LogP contribution >= 0.6 is 0 Å². The molecule has 11 heavy (non-hydrogen) atoms. The van der Waals surface area contributed by atoms with Crippen LogP contribution in [0, 0.1) is 0 Å². The van der Waals surface area contributed by atoms with Crippen molar-refractivity contribution in [2.45, 2.75) is 13.0 Å². The quantitative estimate of drug-likeness (QED) is 0.484. The van der Waals surface area contributed by atoms with Crippen molar-refractivity contribution in [2.75, 3.05) is 21.3 Å². The molecule has 0 unspecified atom stereocenters. The van der Waals surface area contributed by atoms with Gasteiger partial charge in [-0.2, -0.15) is 0 Å². The van der Waals surface area contributed by atoms with Gasteiger partial charge in [0, 0.05) is 27.4 Å². The third-order valence-electron chi connectivity index (χ3n) is 1.37. The average molecular weight is 178 g/mol. The van der Waals surface area contributed by atoms with Crippen molar-refractivity contribution in [2.24, 2.45) is 0 Å². The second-order valence-electron chi connectivity index (χ2n) is 1.65. The molecule has 0 saturated heterocycles. The molecule has 0 aromatic heterocycles. The lowest BCUT2D eigenvalue weighted by Gasteiger charge is -2.22. The largest absolute Gasteiger partial charge is 0.499 e. The molecule has 0 saturated carbocycles. The molecule has 68 valence electrons. The molecule has 0 radical (unpaired) electrons. The molecule has 0 aliphatic carbocycles. The zero-order valence-corrected chi connectivity index (χ0v) is 8.85. The van der Waals surface area contributed by atoms with Crippen molar-refractivity contribution in [3.63, 3.8) is 0 Å². The summed E-state index contributed by atoms with van der Waals surface area (Å²) in [6, 6.07) is 0.816. The smallest absolute Gasteiger partial charge is 0.377 e. The molecule has 0 fully saturated rings. The van der Waals surface area contributed by atoms with Gasteiger partial charge in [0.2, 0.25) is 0 Å². The van der Waals surface area contributed by atoms with Gasteiger partial charge >= 0.3 is 8.80 Å². The molecule has 0 spiro atoms. The highest BCUT2D eigenvalue weighted by molar-refractivity contribution is 6.60. The van der Waals surface area contributed by atoms with Gasteiger partial charge in [0.05, 0.1) is 0 Å². The van der Waals surface area contributed by atoms with Crippen LogP contribution in [0.4, 0.5) is 0 Å². The monoisotopic (exact) mass is 178 g/mol. The molecule has 0 heterocycles. The normalized spacial score (nSPS) is 10.2. The predicted octanol–water partition coefficient (Wildman–Crippen LogP) is 1.69. The summed E-state index contributed by atoms with van der Waals surface area (Å²) in [7, 11) is 2.65. The van der Waals surface area contributed by atoms with Crippen LogP contribution in [0.5, 0.6) is 0 Å². The van der Waals surface area contributed by atoms with Crippen molar-refractivity contribution in [3.8, 4) is 0 Å². The SMILES string of the molecule is C=C.CC[Si](OC)(OC)OC. The molecule has 0 aromatic rings. The molecule has 0 amide bonds. The highest BCUT2D eigenvalue weighted by Gasteiger charge is 2.34. The van der Waals surface area contributed by atoms with E-state index in [-0.39, 0.29) is 0 Å². The molecule has 0 atom stereocenters. The average Bonchev–Trinajstić information content (AvgIpc) is 2.13. The fourth-order valence-corrected chi connectivity index (χ4v) is 2.05. The minimum absolute atomic E-state index is 0.816. The first-order chi connectivity index (χ1) is 5.24. The minimum atomic E-state index is -2.19. The summed E-state index contributed by atoms with van der Waals surface area (Å²) in [5.41, 5.74) is 0. The molecule has 3 nitrogen and oxygen atoms in total. The maximum atomic E-state index is 5.08. The molecule has 0 aliphatic heterocycles. The molecule has 0 bridgehead atoms. The zero-order valence-electron chi connectivity index (χ0n) is 7.85. The Kier molecular flexibility index (Phi) is 9.69. The predicted molar refractivity (Wildman–Crippen MR) is 48.5 cm³/mol. The first-order valence-corrected chi connectivity index (χ1v) is 5.33. The maximum Gasteiger partial charge on any atom is 0.499 e. The highest BCUT2D eigenvalue weighted by atomic mass is 28.4. The van der Waals surface area contributed by atoms with Gasteiger partial charge < -0.3 is 13.3 Å². The Balaban J connectivity index is 0. The minimum Gasteiger partial charge on any atom is -0.377 e. The van der Waals surface area contributed by atoms with E-state index in [0.29, 0.717) is 0 Å². The Hall–Kier alpha value is -0.163. The van der Waals surface area contributed by atoms with Crippen LogP contribution in [-0.4, -0.2) is 30.1 Å². The van der Waals surface area contributed by atoms with E-state index in [2.05, 4.69) is 13.2 Å². The van der Waals surface area contributed by atoms with Gasteiger partial charge in [0.25, 0.3) is 0 Å². The molecule has 0 aliphatic rings. The van der Waals surface area contributed by atoms with Crippen molar-refractivity contribution in [1.29, 1.82) is 0 Å². The summed E-state index contributed by atoms with van der Waals surface area (Å²) in [4.78, 5) is 0. The zero-order chi connectivity index (χ0) is 9.33. The van der Waals surface area contributed by atoms with Gasteiger partial charge in [-0.1, -0.05) is 6.92 Å².